The van der Waals surface area contributed by atoms with Crippen molar-refractivity contribution in [3.05, 3.63) is 33.8 Å². The highest BCUT2D eigenvalue weighted by Crippen LogP contribution is 2.33. The molecule has 1 unspecified atom stereocenters. The van der Waals surface area contributed by atoms with E-state index >= 15 is 0 Å². The van der Waals surface area contributed by atoms with Gasteiger partial charge in [-0.2, -0.15) is 0 Å². The second-order valence-electron chi connectivity index (χ2n) is 5.24. The third-order valence-corrected chi connectivity index (χ3v) is 4.04. The van der Waals surface area contributed by atoms with Crippen molar-refractivity contribution < 1.29 is 5.11 Å². The van der Waals surface area contributed by atoms with Crippen LogP contribution in [0.15, 0.2) is 12.1 Å². The minimum absolute atomic E-state index is 0.360. The first-order valence-corrected chi connectivity index (χ1v) is 7.33. The van der Waals surface area contributed by atoms with Gasteiger partial charge in [0.1, 0.15) is 0 Å². The lowest BCUT2D eigenvalue weighted by atomic mass is 9.86. The first-order valence-electron chi connectivity index (χ1n) is 6.95. The van der Waals surface area contributed by atoms with Gasteiger partial charge < -0.3 is 5.11 Å². The Morgan fingerprint density at radius 3 is 2.11 bits per heavy atom. The van der Waals surface area contributed by atoms with E-state index < -0.39 is 0 Å². The Labute approximate surface area is 116 Å². The van der Waals surface area contributed by atoms with Gasteiger partial charge in [-0.05, 0) is 55.4 Å². The molecule has 0 saturated carbocycles. The average molecular weight is 269 g/mol. The molecule has 1 N–H and O–H groups in total. The van der Waals surface area contributed by atoms with Gasteiger partial charge in [-0.3, -0.25) is 0 Å². The first-order chi connectivity index (χ1) is 8.51. The molecular formula is C16H25ClO. The molecule has 0 amide bonds. The molecule has 0 bridgehead atoms. The Balaban J connectivity index is 3.00. The highest BCUT2D eigenvalue weighted by atomic mass is 35.5. The quantitative estimate of drug-likeness (QED) is 0.751. The van der Waals surface area contributed by atoms with Gasteiger partial charge in [0, 0.05) is 5.02 Å². The van der Waals surface area contributed by atoms with Crippen molar-refractivity contribution in [3.8, 4) is 0 Å². The van der Waals surface area contributed by atoms with E-state index in [0.29, 0.717) is 5.92 Å². The molecule has 0 saturated heterocycles. The fourth-order valence-corrected chi connectivity index (χ4v) is 2.80. The summed E-state index contributed by atoms with van der Waals surface area (Å²) in [4.78, 5) is 0. The fraction of sp³-hybridized carbons (Fsp3) is 0.625. The summed E-state index contributed by atoms with van der Waals surface area (Å²) in [5.74, 6) is 0.360. The second-order valence-corrected chi connectivity index (χ2v) is 5.65. The van der Waals surface area contributed by atoms with Crippen LogP contribution in [0.25, 0.3) is 0 Å². The topological polar surface area (TPSA) is 20.2 Å². The van der Waals surface area contributed by atoms with E-state index in [1.54, 1.807) is 0 Å². The van der Waals surface area contributed by atoms with Crippen molar-refractivity contribution in [2.24, 2.45) is 5.92 Å². The molecule has 0 aliphatic rings. The highest BCUT2D eigenvalue weighted by molar-refractivity contribution is 6.31. The van der Waals surface area contributed by atoms with Crippen LogP contribution in [0.1, 0.15) is 62.3 Å². The maximum Gasteiger partial charge on any atom is 0.0820 e. The van der Waals surface area contributed by atoms with Crippen LogP contribution in [-0.4, -0.2) is 5.11 Å². The van der Waals surface area contributed by atoms with Crippen LogP contribution < -0.4 is 0 Å². The smallest absolute Gasteiger partial charge is 0.0820 e. The minimum Gasteiger partial charge on any atom is -0.388 e. The highest BCUT2D eigenvalue weighted by Gasteiger charge is 2.21. The lowest BCUT2D eigenvalue weighted by molar-refractivity contribution is 0.0958. The van der Waals surface area contributed by atoms with E-state index in [-0.39, 0.29) is 6.10 Å². The van der Waals surface area contributed by atoms with Gasteiger partial charge >= 0.3 is 0 Å². The standard InChI is InChI=1S/C16H25ClO/c1-5-7-13(8-6-2)16(18)14-9-12(4)15(17)10-11(14)3/h9-10,13,16,18H,5-8H2,1-4H3. The number of halogens is 1. The van der Waals surface area contributed by atoms with Crippen molar-refractivity contribution >= 4 is 11.6 Å². The molecule has 0 aliphatic carbocycles. The van der Waals surface area contributed by atoms with Crippen molar-refractivity contribution in [1.82, 2.24) is 0 Å². The number of benzene rings is 1. The van der Waals surface area contributed by atoms with Crippen LogP contribution in [-0.2, 0) is 0 Å². The lowest BCUT2D eigenvalue weighted by Gasteiger charge is -2.24. The van der Waals surface area contributed by atoms with E-state index in [2.05, 4.69) is 13.8 Å². The number of hydrogen-bond donors (Lipinski definition) is 1. The molecule has 0 heterocycles. The Kier molecular flexibility index (Phi) is 6.17. The molecule has 0 aliphatic heterocycles. The van der Waals surface area contributed by atoms with Crippen molar-refractivity contribution in [2.75, 3.05) is 0 Å². The maximum atomic E-state index is 10.6. The predicted molar refractivity (Wildman–Crippen MR) is 79.2 cm³/mol. The zero-order valence-electron chi connectivity index (χ0n) is 12.0. The van der Waals surface area contributed by atoms with Crippen molar-refractivity contribution in [3.63, 3.8) is 0 Å². The molecule has 0 radical (unpaired) electrons. The third-order valence-electron chi connectivity index (χ3n) is 3.63. The molecule has 0 fully saturated rings. The molecule has 102 valence electrons. The summed E-state index contributed by atoms with van der Waals surface area (Å²) < 4.78 is 0. The minimum atomic E-state index is -0.360. The molecular weight excluding hydrogens is 244 g/mol. The van der Waals surface area contributed by atoms with Gasteiger partial charge in [-0.15, -0.1) is 0 Å². The van der Waals surface area contributed by atoms with Crippen LogP contribution in [0, 0.1) is 19.8 Å². The molecule has 2 heteroatoms. The summed E-state index contributed by atoms with van der Waals surface area (Å²) in [6.45, 7) is 8.37. The number of hydrogen-bond acceptors (Lipinski definition) is 1. The van der Waals surface area contributed by atoms with E-state index in [9.17, 15) is 5.11 Å². The zero-order valence-corrected chi connectivity index (χ0v) is 12.7. The summed E-state index contributed by atoms with van der Waals surface area (Å²) in [6, 6.07) is 4.01. The van der Waals surface area contributed by atoms with Crippen molar-refractivity contribution in [1.29, 1.82) is 0 Å². The predicted octanol–water partition coefficient (Wildman–Crippen LogP) is 5.21. The lowest BCUT2D eigenvalue weighted by Crippen LogP contribution is -2.14. The molecule has 1 atom stereocenters. The number of aliphatic hydroxyl groups excluding tert-OH is 1. The number of rotatable bonds is 6. The summed E-state index contributed by atoms with van der Waals surface area (Å²) >= 11 is 6.11. The van der Waals surface area contributed by atoms with E-state index in [1.165, 1.54) is 0 Å². The molecule has 18 heavy (non-hydrogen) atoms. The SMILES string of the molecule is CCCC(CCC)C(O)c1cc(C)c(Cl)cc1C. The van der Waals surface area contributed by atoms with Crippen LogP contribution in [0.3, 0.4) is 0 Å². The van der Waals surface area contributed by atoms with Crippen molar-refractivity contribution in [2.45, 2.75) is 59.5 Å². The largest absolute Gasteiger partial charge is 0.388 e. The Morgan fingerprint density at radius 2 is 1.61 bits per heavy atom. The average Bonchev–Trinajstić information content (AvgIpc) is 2.33. The second kappa shape index (κ2) is 7.16. The maximum absolute atomic E-state index is 10.6. The summed E-state index contributed by atoms with van der Waals surface area (Å²) in [6.07, 6.45) is 4.04. The molecule has 0 aromatic heterocycles. The molecule has 1 aromatic carbocycles. The van der Waals surface area contributed by atoms with Gasteiger partial charge in [0.15, 0.2) is 0 Å². The van der Waals surface area contributed by atoms with E-state index in [0.717, 1.165) is 47.4 Å². The monoisotopic (exact) mass is 268 g/mol. The molecule has 1 aromatic rings. The summed E-state index contributed by atoms with van der Waals surface area (Å²) in [7, 11) is 0. The van der Waals surface area contributed by atoms with Gasteiger partial charge in [-0.1, -0.05) is 44.4 Å². The van der Waals surface area contributed by atoms with Crippen LogP contribution >= 0.6 is 11.6 Å². The van der Waals surface area contributed by atoms with E-state index in [4.69, 9.17) is 11.6 Å². The van der Waals surface area contributed by atoms with Gasteiger partial charge in [0.05, 0.1) is 6.10 Å². The fourth-order valence-electron chi connectivity index (χ4n) is 2.58. The normalized spacial score (nSPS) is 13.1. The summed E-state index contributed by atoms with van der Waals surface area (Å²) in [5.41, 5.74) is 3.18. The van der Waals surface area contributed by atoms with E-state index in [1.807, 2.05) is 26.0 Å². The Hall–Kier alpha value is -0.530. The number of aryl methyl sites for hydroxylation is 2. The summed E-state index contributed by atoms with van der Waals surface area (Å²) in [5, 5.41) is 11.4. The van der Waals surface area contributed by atoms with Crippen LogP contribution in [0.2, 0.25) is 5.02 Å². The van der Waals surface area contributed by atoms with Crippen LogP contribution in [0.4, 0.5) is 0 Å². The zero-order chi connectivity index (χ0) is 13.7. The van der Waals surface area contributed by atoms with Gasteiger partial charge in [-0.25, -0.2) is 0 Å². The van der Waals surface area contributed by atoms with Gasteiger partial charge in [0.2, 0.25) is 0 Å². The first kappa shape index (κ1) is 15.5. The van der Waals surface area contributed by atoms with Gasteiger partial charge in [0.25, 0.3) is 0 Å². The van der Waals surface area contributed by atoms with Crippen LogP contribution in [0.5, 0.6) is 0 Å². The Bertz CT molecular complexity index is 381. The molecule has 0 spiro atoms. The number of aliphatic hydroxyl groups is 1. The Morgan fingerprint density at radius 1 is 1.06 bits per heavy atom. The molecule has 1 nitrogen and oxygen atoms in total. The molecule has 1 rings (SSSR count). The third kappa shape index (κ3) is 3.73.